The fourth-order valence-corrected chi connectivity index (χ4v) is 1.88. The second-order valence-corrected chi connectivity index (χ2v) is 5.07. The van der Waals surface area contributed by atoms with Crippen molar-refractivity contribution in [3.05, 3.63) is 46.5 Å². The molecule has 1 aromatic carbocycles. The Kier molecular flexibility index (Phi) is 6.41. The summed E-state index contributed by atoms with van der Waals surface area (Å²) in [4.78, 5) is 23.2. The summed E-state index contributed by atoms with van der Waals surface area (Å²) >= 11 is 3.28. The summed E-state index contributed by atoms with van der Waals surface area (Å²) in [7, 11) is 0. The van der Waals surface area contributed by atoms with Gasteiger partial charge in [-0.25, -0.2) is 4.79 Å². The third-order valence-electron chi connectivity index (χ3n) is 2.57. The van der Waals surface area contributed by atoms with Gasteiger partial charge in [0.25, 0.3) is 5.91 Å². The van der Waals surface area contributed by atoms with Crippen LogP contribution in [-0.2, 0) is 9.53 Å². The summed E-state index contributed by atoms with van der Waals surface area (Å²) in [6, 6.07) is 4.14. The smallest absolute Gasteiger partial charge is 0.328 e. The molecule has 108 valence electrons. The summed E-state index contributed by atoms with van der Waals surface area (Å²) < 4.78 is 5.83. The Morgan fingerprint density at radius 1 is 1.55 bits per heavy atom. The van der Waals surface area contributed by atoms with Crippen molar-refractivity contribution in [1.29, 1.82) is 0 Å². The van der Waals surface area contributed by atoms with Crippen LogP contribution in [0.5, 0.6) is 0 Å². The van der Waals surface area contributed by atoms with Crippen LogP contribution in [0.15, 0.2) is 35.3 Å². The molecule has 0 aliphatic heterocycles. The van der Waals surface area contributed by atoms with Crippen LogP contribution in [0.2, 0.25) is 0 Å². The van der Waals surface area contributed by atoms with Gasteiger partial charge in [0.05, 0.1) is 13.2 Å². The van der Waals surface area contributed by atoms with Gasteiger partial charge in [-0.15, -0.1) is 6.58 Å². The Balaban J connectivity index is 2.77. The normalized spacial score (nSPS) is 11.7. The molecular formula is C14H16BrNO4. The number of hydrogen-bond donors (Lipinski definition) is 2. The van der Waals surface area contributed by atoms with E-state index in [0.29, 0.717) is 5.56 Å². The van der Waals surface area contributed by atoms with Crippen LogP contribution in [0.25, 0.3) is 0 Å². The van der Waals surface area contributed by atoms with Crippen LogP contribution in [-0.4, -0.2) is 36.2 Å². The minimum absolute atomic E-state index is 0.111. The number of hydrogen-bond acceptors (Lipinski definition) is 3. The molecule has 1 unspecified atom stereocenters. The Hall–Kier alpha value is -1.66. The Labute approximate surface area is 125 Å². The van der Waals surface area contributed by atoms with E-state index in [-0.39, 0.29) is 13.2 Å². The zero-order chi connectivity index (χ0) is 15.1. The van der Waals surface area contributed by atoms with Crippen LogP contribution in [0, 0.1) is 6.92 Å². The molecule has 1 atom stereocenters. The van der Waals surface area contributed by atoms with Gasteiger partial charge in [-0.05, 0) is 24.6 Å². The topological polar surface area (TPSA) is 75.6 Å². The Bertz CT molecular complexity index is 516. The molecule has 1 amide bonds. The number of nitrogens with one attached hydrogen (secondary N) is 1. The molecular weight excluding hydrogens is 326 g/mol. The first-order valence-electron chi connectivity index (χ1n) is 5.94. The summed E-state index contributed by atoms with van der Waals surface area (Å²) in [5, 5.41) is 11.5. The maximum atomic E-state index is 12.1. The van der Waals surface area contributed by atoms with E-state index in [4.69, 9.17) is 9.84 Å². The van der Waals surface area contributed by atoms with Crippen molar-refractivity contribution in [2.24, 2.45) is 0 Å². The van der Waals surface area contributed by atoms with E-state index in [1.165, 1.54) is 6.08 Å². The molecule has 20 heavy (non-hydrogen) atoms. The van der Waals surface area contributed by atoms with Gasteiger partial charge in [-0.3, -0.25) is 4.79 Å². The average molecular weight is 342 g/mol. The maximum Gasteiger partial charge on any atom is 0.328 e. The molecule has 0 heterocycles. The second kappa shape index (κ2) is 7.81. The molecule has 5 nitrogen and oxygen atoms in total. The minimum atomic E-state index is -1.14. The SMILES string of the molecule is C=CCOCC(NC(=O)c1cc(Br)ccc1C)C(=O)O. The van der Waals surface area contributed by atoms with Crippen molar-refractivity contribution in [3.8, 4) is 0 Å². The molecule has 0 saturated carbocycles. The molecule has 0 bridgehead atoms. The Morgan fingerprint density at radius 2 is 2.25 bits per heavy atom. The lowest BCUT2D eigenvalue weighted by Gasteiger charge is -2.15. The second-order valence-electron chi connectivity index (χ2n) is 4.15. The number of carboxylic acid groups (broad SMARTS) is 1. The number of benzene rings is 1. The van der Waals surface area contributed by atoms with E-state index in [1.807, 2.05) is 6.07 Å². The van der Waals surface area contributed by atoms with E-state index in [9.17, 15) is 9.59 Å². The predicted octanol–water partition coefficient (Wildman–Crippen LogP) is 2.14. The fourth-order valence-electron chi connectivity index (χ4n) is 1.52. The first kappa shape index (κ1) is 16.4. The van der Waals surface area contributed by atoms with Crippen LogP contribution in [0.4, 0.5) is 0 Å². The highest BCUT2D eigenvalue weighted by atomic mass is 79.9. The van der Waals surface area contributed by atoms with Crippen LogP contribution < -0.4 is 5.32 Å². The molecule has 0 radical (unpaired) electrons. The highest BCUT2D eigenvalue weighted by molar-refractivity contribution is 9.10. The van der Waals surface area contributed by atoms with Crippen LogP contribution in [0.3, 0.4) is 0 Å². The number of carbonyl (C=O) groups excluding carboxylic acids is 1. The van der Waals surface area contributed by atoms with Gasteiger partial charge in [0.15, 0.2) is 6.04 Å². The molecule has 0 aliphatic carbocycles. The van der Waals surface area contributed by atoms with Gasteiger partial charge in [0.2, 0.25) is 0 Å². The third-order valence-corrected chi connectivity index (χ3v) is 3.06. The summed E-state index contributed by atoms with van der Waals surface area (Å²) in [6.45, 7) is 5.37. The number of rotatable bonds is 7. The van der Waals surface area contributed by atoms with Crippen molar-refractivity contribution < 1.29 is 19.4 Å². The van der Waals surface area contributed by atoms with Crippen molar-refractivity contribution >= 4 is 27.8 Å². The number of halogens is 1. The zero-order valence-electron chi connectivity index (χ0n) is 11.1. The van der Waals surface area contributed by atoms with E-state index in [1.54, 1.807) is 19.1 Å². The molecule has 1 rings (SSSR count). The van der Waals surface area contributed by atoms with Gasteiger partial charge < -0.3 is 15.2 Å². The largest absolute Gasteiger partial charge is 0.480 e. The van der Waals surface area contributed by atoms with Crippen LogP contribution in [0.1, 0.15) is 15.9 Å². The molecule has 1 aromatic rings. The summed E-state index contributed by atoms with van der Waals surface area (Å²) in [5.74, 6) is -1.59. The number of carbonyl (C=O) groups is 2. The highest BCUT2D eigenvalue weighted by Gasteiger charge is 2.21. The maximum absolute atomic E-state index is 12.1. The zero-order valence-corrected chi connectivity index (χ0v) is 12.6. The molecule has 2 N–H and O–H groups in total. The van der Waals surface area contributed by atoms with Gasteiger partial charge in [0, 0.05) is 10.0 Å². The van der Waals surface area contributed by atoms with Crippen molar-refractivity contribution in [3.63, 3.8) is 0 Å². The number of ether oxygens (including phenoxy) is 1. The van der Waals surface area contributed by atoms with Gasteiger partial charge in [0.1, 0.15) is 0 Å². The quantitative estimate of drug-likeness (QED) is 0.588. The van der Waals surface area contributed by atoms with Gasteiger partial charge in [-0.1, -0.05) is 28.1 Å². The first-order chi connectivity index (χ1) is 9.45. The lowest BCUT2D eigenvalue weighted by molar-refractivity contribution is -0.140. The van der Waals surface area contributed by atoms with Crippen molar-refractivity contribution in [2.45, 2.75) is 13.0 Å². The fraction of sp³-hybridized carbons (Fsp3) is 0.286. The number of aryl methyl sites for hydroxylation is 1. The highest BCUT2D eigenvalue weighted by Crippen LogP contribution is 2.16. The van der Waals surface area contributed by atoms with Gasteiger partial charge in [-0.2, -0.15) is 0 Å². The predicted molar refractivity (Wildman–Crippen MR) is 78.8 cm³/mol. The first-order valence-corrected chi connectivity index (χ1v) is 6.73. The lowest BCUT2D eigenvalue weighted by Crippen LogP contribution is -2.44. The van der Waals surface area contributed by atoms with E-state index in [0.717, 1.165) is 10.0 Å². The minimum Gasteiger partial charge on any atom is -0.480 e. The summed E-state index contributed by atoms with van der Waals surface area (Å²) in [6.07, 6.45) is 1.51. The molecule has 0 spiro atoms. The van der Waals surface area contributed by atoms with Crippen molar-refractivity contribution in [1.82, 2.24) is 5.32 Å². The van der Waals surface area contributed by atoms with Crippen LogP contribution >= 0.6 is 15.9 Å². The molecule has 6 heteroatoms. The standard InChI is InChI=1S/C14H16BrNO4/c1-3-6-20-8-12(14(18)19)16-13(17)11-7-10(15)5-4-9(11)2/h3-5,7,12H,1,6,8H2,2H3,(H,16,17)(H,18,19). The molecule has 0 aromatic heterocycles. The lowest BCUT2D eigenvalue weighted by atomic mass is 10.1. The van der Waals surface area contributed by atoms with E-state index < -0.39 is 17.9 Å². The number of carboxylic acids is 1. The monoisotopic (exact) mass is 341 g/mol. The number of amides is 1. The number of aliphatic carboxylic acids is 1. The third kappa shape index (κ3) is 4.79. The summed E-state index contributed by atoms with van der Waals surface area (Å²) in [5.41, 5.74) is 1.19. The molecule has 0 fully saturated rings. The van der Waals surface area contributed by atoms with Crippen molar-refractivity contribution in [2.75, 3.05) is 13.2 Å². The van der Waals surface area contributed by atoms with E-state index >= 15 is 0 Å². The molecule has 0 saturated heterocycles. The Morgan fingerprint density at radius 3 is 2.85 bits per heavy atom. The van der Waals surface area contributed by atoms with E-state index in [2.05, 4.69) is 27.8 Å². The molecule has 0 aliphatic rings. The van der Waals surface area contributed by atoms with Gasteiger partial charge >= 0.3 is 5.97 Å². The average Bonchev–Trinajstić information content (AvgIpc) is 2.40.